The van der Waals surface area contributed by atoms with E-state index in [4.69, 9.17) is 21.1 Å². The van der Waals surface area contributed by atoms with E-state index in [2.05, 4.69) is 0 Å². The molecule has 2 heterocycles. The van der Waals surface area contributed by atoms with Gasteiger partial charge in [-0.3, -0.25) is 0 Å². The maximum atomic E-state index is 6.42. The summed E-state index contributed by atoms with van der Waals surface area (Å²) in [5.74, 6) is 1.67. The molecule has 1 aliphatic carbocycles. The Balaban J connectivity index is 1.47. The molecule has 2 atom stereocenters. The van der Waals surface area contributed by atoms with E-state index in [1.165, 1.54) is 38.5 Å². The number of alkyl halides is 1. The Morgan fingerprint density at radius 3 is 2.61 bits per heavy atom. The van der Waals surface area contributed by atoms with Gasteiger partial charge >= 0.3 is 0 Å². The summed E-state index contributed by atoms with van der Waals surface area (Å²) < 4.78 is 11.6. The number of ether oxygens (including phenoxy) is 2. The lowest BCUT2D eigenvalue weighted by molar-refractivity contribution is -0.147. The van der Waals surface area contributed by atoms with Gasteiger partial charge < -0.3 is 9.47 Å². The molecule has 3 fully saturated rings. The highest BCUT2D eigenvalue weighted by Crippen LogP contribution is 2.41. The van der Waals surface area contributed by atoms with Crippen molar-refractivity contribution in [3.63, 3.8) is 0 Å². The van der Waals surface area contributed by atoms with Crippen LogP contribution in [-0.2, 0) is 9.47 Å². The van der Waals surface area contributed by atoms with Crippen molar-refractivity contribution in [1.29, 1.82) is 0 Å². The van der Waals surface area contributed by atoms with Crippen molar-refractivity contribution in [2.24, 2.45) is 11.8 Å². The van der Waals surface area contributed by atoms with Crippen LogP contribution in [0.15, 0.2) is 0 Å². The van der Waals surface area contributed by atoms with Crippen molar-refractivity contribution >= 4 is 11.6 Å². The minimum Gasteiger partial charge on any atom is -0.381 e. The molecule has 104 valence electrons. The molecular weight excluding hydrogens is 248 g/mol. The van der Waals surface area contributed by atoms with Crippen LogP contribution in [0, 0.1) is 11.8 Å². The first-order chi connectivity index (χ1) is 8.77. The predicted molar refractivity (Wildman–Crippen MR) is 73.1 cm³/mol. The highest BCUT2D eigenvalue weighted by molar-refractivity contribution is 6.20. The molecule has 0 radical (unpaired) electrons. The average Bonchev–Trinajstić information content (AvgIpc) is 3.21. The molecule has 1 saturated carbocycles. The van der Waals surface area contributed by atoms with Gasteiger partial charge in [0, 0.05) is 25.2 Å². The summed E-state index contributed by atoms with van der Waals surface area (Å²) in [6.07, 6.45) is 9.90. The van der Waals surface area contributed by atoms with Crippen molar-refractivity contribution in [3.8, 4) is 0 Å². The Bertz CT molecular complexity index is 266. The Morgan fingerprint density at radius 1 is 1.11 bits per heavy atom. The van der Waals surface area contributed by atoms with Crippen LogP contribution >= 0.6 is 11.6 Å². The molecule has 0 aromatic carbocycles. The highest BCUT2D eigenvalue weighted by Gasteiger charge is 2.39. The molecular formula is C15H25ClO2. The summed E-state index contributed by atoms with van der Waals surface area (Å²) in [7, 11) is 0. The molecule has 0 bridgehead atoms. The Labute approximate surface area is 115 Å². The minimum atomic E-state index is 0.155. The highest BCUT2D eigenvalue weighted by atomic mass is 35.5. The SMILES string of the molecule is ClC(CCC1CCOC2(CCOCC2)C1)C1CC1. The van der Waals surface area contributed by atoms with Crippen LogP contribution in [0.3, 0.4) is 0 Å². The normalized spacial score (nSPS) is 33.5. The molecule has 18 heavy (non-hydrogen) atoms. The summed E-state index contributed by atoms with van der Waals surface area (Å²) >= 11 is 6.42. The van der Waals surface area contributed by atoms with Crippen LogP contribution in [0.1, 0.15) is 51.4 Å². The fourth-order valence-corrected chi connectivity index (χ4v) is 3.93. The first-order valence-electron chi connectivity index (χ1n) is 7.63. The molecule has 1 spiro atoms. The summed E-state index contributed by atoms with van der Waals surface area (Å²) in [5, 5.41) is 0.443. The minimum absolute atomic E-state index is 0.155. The van der Waals surface area contributed by atoms with Gasteiger partial charge in [0.25, 0.3) is 0 Å². The lowest BCUT2D eigenvalue weighted by atomic mass is 9.79. The molecule has 0 N–H and O–H groups in total. The van der Waals surface area contributed by atoms with Crippen LogP contribution < -0.4 is 0 Å². The van der Waals surface area contributed by atoms with Crippen LogP contribution in [0.2, 0.25) is 0 Å². The standard InChI is InChI=1S/C15H25ClO2/c16-14(13-2-3-13)4-1-12-5-8-18-15(11-12)6-9-17-10-7-15/h12-14H,1-11H2. The second-order valence-electron chi connectivity index (χ2n) is 6.43. The lowest BCUT2D eigenvalue weighted by Crippen LogP contribution is -2.44. The predicted octanol–water partition coefficient (Wildman–Crippen LogP) is 3.76. The van der Waals surface area contributed by atoms with E-state index in [1.54, 1.807) is 0 Å². The Kier molecular flexibility index (Phi) is 4.17. The monoisotopic (exact) mass is 272 g/mol. The van der Waals surface area contributed by atoms with Crippen LogP contribution in [0.4, 0.5) is 0 Å². The molecule has 2 saturated heterocycles. The summed E-state index contributed by atoms with van der Waals surface area (Å²) in [4.78, 5) is 0. The molecule has 3 rings (SSSR count). The van der Waals surface area contributed by atoms with Crippen molar-refractivity contribution in [3.05, 3.63) is 0 Å². The van der Waals surface area contributed by atoms with E-state index < -0.39 is 0 Å². The van der Waals surface area contributed by atoms with Crippen LogP contribution in [-0.4, -0.2) is 30.8 Å². The third-order valence-corrected chi connectivity index (χ3v) is 5.56. The maximum Gasteiger partial charge on any atom is 0.0729 e. The van der Waals surface area contributed by atoms with E-state index in [0.717, 1.165) is 44.5 Å². The van der Waals surface area contributed by atoms with E-state index in [-0.39, 0.29) is 5.60 Å². The topological polar surface area (TPSA) is 18.5 Å². The third-order valence-electron chi connectivity index (χ3n) is 4.98. The fraction of sp³-hybridized carbons (Fsp3) is 1.00. The van der Waals surface area contributed by atoms with Crippen molar-refractivity contribution in [1.82, 2.24) is 0 Å². The first kappa shape index (κ1) is 13.2. The lowest BCUT2D eigenvalue weighted by Gasteiger charge is -2.43. The van der Waals surface area contributed by atoms with Gasteiger partial charge in [0.15, 0.2) is 0 Å². The van der Waals surface area contributed by atoms with E-state index in [0.29, 0.717) is 5.38 Å². The summed E-state index contributed by atoms with van der Waals surface area (Å²) in [6, 6.07) is 0. The van der Waals surface area contributed by atoms with Crippen molar-refractivity contribution in [2.75, 3.05) is 19.8 Å². The van der Waals surface area contributed by atoms with Crippen molar-refractivity contribution < 1.29 is 9.47 Å². The molecule has 2 aliphatic heterocycles. The van der Waals surface area contributed by atoms with E-state index in [9.17, 15) is 0 Å². The van der Waals surface area contributed by atoms with Gasteiger partial charge in [-0.2, -0.15) is 0 Å². The zero-order valence-corrected chi connectivity index (χ0v) is 12.0. The molecule has 0 aromatic rings. The van der Waals surface area contributed by atoms with E-state index >= 15 is 0 Å². The second-order valence-corrected chi connectivity index (χ2v) is 6.99. The smallest absolute Gasteiger partial charge is 0.0729 e. The fourth-order valence-electron chi connectivity index (χ4n) is 3.56. The molecule has 0 amide bonds. The van der Waals surface area contributed by atoms with Gasteiger partial charge in [-0.15, -0.1) is 11.6 Å². The van der Waals surface area contributed by atoms with Gasteiger partial charge in [0.05, 0.1) is 5.60 Å². The zero-order valence-electron chi connectivity index (χ0n) is 11.2. The van der Waals surface area contributed by atoms with Crippen LogP contribution in [0.5, 0.6) is 0 Å². The largest absolute Gasteiger partial charge is 0.381 e. The number of halogens is 1. The molecule has 0 aromatic heterocycles. The Morgan fingerprint density at radius 2 is 1.89 bits per heavy atom. The Hall–Kier alpha value is 0.210. The first-order valence-corrected chi connectivity index (χ1v) is 8.07. The number of hydrogen-bond donors (Lipinski definition) is 0. The van der Waals surface area contributed by atoms with E-state index in [1.807, 2.05) is 0 Å². The van der Waals surface area contributed by atoms with Gasteiger partial charge in [-0.1, -0.05) is 0 Å². The van der Waals surface area contributed by atoms with Gasteiger partial charge in [0.2, 0.25) is 0 Å². The third kappa shape index (κ3) is 3.20. The van der Waals surface area contributed by atoms with Crippen LogP contribution in [0.25, 0.3) is 0 Å². The molecule has 2 nitrogen and oxygen atoms in total. The van der Waals surface area contributed by atoms with Gasteiger partial charge in [-0.05, 0) is 63.2 Å². The summed E-state index contributed by atoms with van der Waals surface area (Å²) in [6.45, 7) is 2.71. The van der Waals surface area contributed by atoms with Crippen molar-refractivity contribution in [2.45, 2.75) is 62.3 Å². The number of hydrogen-bond acceptors (Lipinski definition) is 2. The van der Waals surface area contributed by atoms with Gasteiger partial charge in [-0.25, -0.2) is 0 Å². The second kappa shape index (κ2) is 5.68. The van der Waals surface area contributed by atoms with Gasteiger partial charge in [0.1, 0.15) is 0 Å². The number of rotatable bonds is 4. The maximum absolute atomic E-state index is 6.42. The average molecular weight is 273 g/mol. The molecule has 3 heteroatoms. The molecule has 2 unspecified atom stereocenters. The zero-order chi connectivity index (χ0) is 12.4. The summed E-state index contributed by atoms with van der Waals surface area (Å²) in [5.41, 5.74) is 0.155. The quantitative estimate of drug-likeness (QED) is 0.726. The molecule has 3 aliphatic rings.